The second-order valence-electron chi connectivity index (χ2n) is 6.90. The summed E-state index contributed by atoms with van der Waals surface area (Å²) in [5.41, 5.74) is 3.45. The first-order chi connectivity index (χ1) is 16.2. The van der Waals surface area contributed by atoms with Gasteiger partial charge in [0, 0.05) is 21.8 Å². The molecule has 0 unspecified atom stereocenters. The summed E-state index contributed by atoms with van der Waals surface area (Å²) in [6.45, 7) is 1.81. The zero-order valence-electron chi connectivity index (χ0n) is 17.7. The number of esters is 1. The molecule has 0 spiro atoms. The van der Waals surface area contributed by atoms with Crippen molar-refractivity contribution >= 4 is 46.1 Å². The van der Waals surface area contributed by atoms with Crippen LogP contribution in [0.1, 0.15) is 29.5 Å². The predicted molar refractivity (Wildman–Crippen MR) is 124 cm³/mol. The largest absolute Gasteiger partial charge is 0.462 e. The zero-order chi connectivity index (χ0) is 24.9. The van der Waals surface area contributed by atoms with E-state index in [1.165, 1.54) is 48.5 Å². The highest BCUT2D eigenvalue weighted by atomic mass is 35.5. The van der Waals surface area contributed by atoms with Crippen molar-refractivity contribution in [3.8, 4) is 11.3 Å². The van der Waals surface area contributed by atoms with Gasteiger partial charge >= 0.3 is 12.1 Å². The molecule has 34 heavy (non-hydrogen) atoms. The molecule has 0 atom stereocenters. The lowest BCUT2D eigenvalue weighted by molar-refractivity contribution is -0.0572. The van der Waals surface area contributed by atoms with E-state index in [0.717, 1.165) is 0 Å². The first kappa shape index (κ1) is 25.3. The van der Waals surface area contributed by atoms with Gasteiger partial charge in [0.15, 0.2) is 11.5 Å². The number of alkyl halides is 3. The summed E-state index contributed by atoms with van der Waals surface area (Å²) in [5, 5.41) is 4.45. The maximum absolute atomic E-state index is 14.1. The molecule has 2 aromatic carbocycles. The molecular weight excluding hydrogens is 494 g/mol. The fourth-order valence-electron chi connectivity index (χ4n) is 2.95. The van der Waals surface area contributed by atoms with Crippen LogP contribution in [-0.2, 0) is 4.74 Å². The van der Waals surface area contributed by atoms with E-state index in [2.05, 4.69) is 10.1 Å². The Labute approximate surface area is 202 Å². The lowest BCUT2D eigenvalue weighted by atomic mass is 10.00. The fourth-order valence-corrected chi connectivity index (χ4v) is 3.26. The topological polar surface area (TPSA) is 90.7 Å². The molecule has 1 aromatic heterocycles. The number of hydrogen-bond acceptors (Lipinski definition) is 6. The minimum absolute atomic E-state index is 0.0311. The SMILES string of the molecule is CCCOC(=O)c1c(-c2ccc(Cl)cc2)noc1C(=CN)C(=Nc1cccc(Cl)c1)C(F)(F)F. The van der Waals surface area contributed by atoms with Crippen LogP contribution in [0.5, 0.6) is 0 Å². The smallest absolute Gasteiger partial charge is 0.434 e. The molecule has 0 radical (unpaired) electrons. The number of aromatic nitrogens is 1. The van der Waals surface area contributed by atoms with Crippen LogP contribution in [0, 0.1) is 0 Å². The molecule has 3 rings (SSSR count). The van der Waals surface area contributed by atoms with Crippen molar-refractivity contribution in [1.82, 2.24) is 5.16 Å². The van der Waals surface area contributed by atoms with Gasteiger partial charge in [-0.2, -0.15) is 13.2 Å². The molecule has 3 aromatic rings. The van der Waals surface area contributed by atoms with Gasteiger partial charge in [-0.15, -0.1) is 0 Å². The summed E-state index contributed by atoms with van der Waals surface area (Å²) in [5.74, 6) is -1.46. The number of nitrogens with zero attached hydrogens (tertiary/aromatic N) is 2. The highest BCUT2D eigenvalue weighted by molar-refractivity contribution is 6.31. The monoisotopic (exact) mass is 511 g/mol. The lowest BCUT2D eigenvalue weighted by Crippen LogP contribution is -2.25. The second-order valence-corrected chi connectivity index (χ2v) is 7.77. The highest BCUT2D eigenvalue weighted by Gasteiger charge is 2.42. The number of hydrogen-bond donors (Lipinski definition) is 1. The number of ether oxygens (including phenoxy) is 1. The van der Waals surface area contributed by atoms with Crippen LogP contribution < -0.4 is 5.73 Å². The molecule has 178 valence electrons. The number of aliphatic imine (C=N–C) groups is 1. The van der Waals surface area contributed by atoms with Gasteiger partial charge in [0.05, 0.1) is 17.9 Å². The van der Waals surface area contributed by atoms with Crippen molar-refractivity contribution in [1.29, 1.82) is 0 Å². The average molecular weight is 512 g/mol. The van der Waals surface area contributed by atoms with Gasteiger partial charge in [-0.05, 0) is 36.8 Å². The van der Waals surface area contributed by atoms with Gasteiger partial charge < -0.3 is 15.0 Å². The van der Waals surface area contributed by atoms with Crippen LogP contribution in [-0.4, -0.2) is 29.6 Å². The normalized spacial score (nSPS) is 12.6. The molecule has 0 fully saturated rings. The Hall–Kier alpha value is -3.30. The summed E-state index contributed by atoms with van der Waals surface area (Å²) in [4.78, 5) is 16.6. The molecule has 0 bridgehead atoms. The van der Waals surface area contributed by atoms with Gasteiger partial charge in [-0.3, -0.25) is 0 Å². The van der Waals surface area contributed by atoms with Crippen molar-refractivity contribution in [3.05, 3.63) is 76.1 Å². The second kappa shape index (κ2) is 10.8. The van der Waals surface area contributed by atoms with Gasteiger partial charge in [0.1, 0.15) is 11.3 Å². The van der Waals surface area contributed by atoms with E-state index in [-0.39, 0.29) is 28.6 Å². The molecule has 11 heteroatoms. The van der Waals surface area contributed by atoms with Crippen LogP contribution in [0.3, 0.4) is 0 Å². The number of rotatable bonds is 7. The number of carbonyl (C=O) groups excluding carboxylic acids is 1. The van der Waals surface area contributed by atoms with E-state index < -0.39 is 29.2 Å². The average Bonchev–Trinajstić information content (AvgIpc) is 3.22. The van der Waals surface area contributed by atoms with Crippen LogP contribution in [0.25, 0.3) is 16.8 Å². The minimum atomic E-state index is -4.97. The summed E-state index contributed by atoms with van der Waals surface area (Å²) < 4.78 is 52.7. The van der Waals surface area contributed by atoms with Crippen molar-refractivity contribution in [2.45, 2.75) is 19.5 Å². The molecule has 0 aliphatic rings. The summed E-state index contributed by atoms with van der Waals surface area (Å²) in [6, 6.07) is 11.7. The lowest BCUT2D eigenvalue weighted by Gasteiger charge is -2.13. The molecule has 0 aliphatic carbocycles. The Bertz CT molecular complexity index is 1240. The third kappa shape index (κ3) is 5.78. The van der Waals surface area contributed by atoms with Gasteiger partial charge in [0.2, 0.25) is 0 Å². The molecule has 0 saturated heterocycles. The number of halogens is 5. The summed E-state index contributed by atoms with van der Waals surface area (Å²) >= 11 is 11.8. The molecule has 1 heterocycles. The first-order valence-corrected chi connectivity index (χ1v) is 10.7. The molecular formula is C23H18Cl2F3N3O3. The van der Waals surface area contributed by atoms with Gasteiger partial charge in [-0.1, -0.05) is 53.5 Å². The number of carbonyl (C=O) groups is 1. The Morgan fingerprint density at radius 3 is 2.47 bits per heavy atom. The third-order valence-corrected chi connectivity index (χ3v) is 4.92. The van der Waals surface area contributed by atoms with Gasteiger partial charge in [0.25, 0.3) is 0 Å². The highest BCUT2D eigenvalue weighted by Crippen LogP contribution is 2.36. The Kier molecular flexibility index (Phi) is 8.01. The number of nitrogens with two attached hydrogens (primary N) is 1. The predicted octanol–water partition coefficient (Wildman–Crippen LogP) is 6.85. The number of benzene rings is 2. The maximum atomic E-state index is 14.1. The van der Waals surface area contributed by atoms with Crippen LogP contribution in [0.4, 0.5) is 18.9 Å². The third-order valence-electron chi connectivity index (χ3n) is 4.44. The van der Waals surface area contributed by atoms with Crippen molar-refractivity contribution in [2.24, 2.45) is 10.7 Å². The first-order valence-electron chi connectivity index (χ1n) is 9.92. The molecule has 6 nitrogen and oxygen atoms in total. The minimum Gasteiger partial charge on any atom is -0.462 e. The molecule has 0 amide bonds. The molecule has 2 N–H and O–H groups in total. The Morgan fingerprint density at radius 2 is 1.88 bits per heavy atom. The van der Waals surface area contributed by atoms with Crippen molar-refractivity contribution in [3.63, 3.8) is 0 Å². The van der Waals surface area contributed by atoms with Crippen LogP contribution in [0.15, 0.2) is 64.2 Å². The van der Waals surface area contributed by atoms with E-state index in [0.29, 0.717) is 23.2 Å². The maximum Gasteiger partial charge on any atom is 0.434 e. The van der Waals surface area contributed by atoms with E-state index in [1.807, 2.05) is 0 Å². The van der Waals surface area contributed by atoms with E-state index in [1.54, 1.807) is 6.92 Å². The van der Waals surface area contributed by atoms with Crippen molar-refractivity contribution in [2.75, 3.05) is 6.61 Å². The molecule has 0 aliphatic heterocycles. The van der Waals surface area contributed by atoms with Gasteiger partial charge in [-0.25, -0.2) is 9.79 Å². The van der Waals surface area contributed by atoms with Crippen LogP contribution >= 0.6 is 23.2 Å². The fraction of sp³-hybridized carbons (Fsp3) is 0.174. The quantitative estimate of drug-likeness (QED) is 0.276. The van der Waals surface area contributed by atoms with Crippen LogP contribution in [0.2, 0.25) is 10.0 Å². The Morgan fingerprint density at radius 1 is 1.18 bits per heavy atom. The summed E-state index contributed by atoms with van der Waals surface area (Å²) in [7, 11) is 0. The van der Waals surface area contributed by atoms with E-state index in [4.69, 9.17) is 38.2 Å². The van der Waals surface area contributed by atoms with E-state index >= 15 is 0 Å². The number of allylic oxidation sites excluding steroid dienone is 1. The zero-order valence-corrected chi connectivity index (χ0v) is 19.2. The molecule has 0 saturated carbocycles. The van der Waals surface area contributed by atoms with Crippen molar-refractivity contribution < 1.29 is 27.2 Å². The Balaban J connectivity index is 2.21. The summed E-state index contributed by atoms with van der Waals surface area (Å²) in [6.07, 6.45) is -3.82. The standard InChI is InChI=1S/C23H18Cl2F3N3O3/c1-2-10-33-22(32)18-19(13-6-8-14(24)9-7-13)31-34-20(18)17(12-29)21(23(26,27)28)30-16-5-3-4-15(25)11-16/h3-9,11-12H,2,10,29H2,1H3. The van der Waals surface area contributed by atoms with E-state index in [9.17, 15) is 18.0 Å².